The minimum absolute atomic E-state index is 0.333. The van der Waals surface area contributed by atoms with Crippen LogP contribution >= 0.6 is 27.3 Å². The van der Waals surface area contributed by atoms with Crippen LogP contribution in [0.4, 0.5) is 0 Å². The van der Waals surface area contributed by atoms with Gasteiger partial charge in [0.05, 0.1) is 23.1 Å². The van der Waals surface area contributed by atoms with Crippen LogP contribution in [-0.2, 0) is 13.5 Å². The molecule has 0 N–H and O–H groups in total. The fourth-order valence-electron chi connectivity index (χ4n) is 1.35. The molecule has 2 rings (SSSR count). The van der Waals surface area contributed by atoms with Gasteiger partial charge in [-0.2, -0.15) is 5.26 Å². The maximum atomic E-state index is 8.66. The Bertz CT molecular complexity index is 508. The predicted octanol–water partition coefficient (Wildman–Crippen LogP) is 2.98. The second-order valence-corrected chi connectivity index (χ2v) is 4.74. The zero-order valence-electron chi connectivity index (χ0n) is 8.07. The molecule has 0 aliphatic rings. The Morgan fingerprint density at radius 2 is 2.47 bits per heavy atom. The standard InChI is InChI=1S/C10H8BrN3S/c1-14-9(11)7(4-5-12)13-10(14)8-3-2-6-15-8/h2-3,6H,4H2,1H3. The van der Waals surface area contributed by atoms with Crippen LogP contribution in [0.15, 0.2) is 22.1 Å². The van der Waals surface area contributed by atoms with E-state index in [0.717, 1.165) is 21.0 Å². The number of thiophene rings is 1. The number of halogens is 1. The first-order valence-corrected chi connectivity index (χ1v) is 6.03. The molecule has 0 saturated carbocycles. The lowest BCUT2D eigenvalue weighted by molar-refractivity contribution is 0.901. The highest BCUT2D eigenvalue weighted by molar-refractivity contribution is 9.10. The van der Waals surface area contributed by atoms with Gasteiger partial charge in [-0.1, -0.05) is 6.07 Å². The van der Waals surface area contributed by atoms with Crippen LogP contribution in [0.3, 0.4) is 0 Å². The lowest BCUT2D eigenvalue weighted by atomic mass is 10.4. The van der Waals surface area contributed by atoms with E-state index in [1.165, 1.54) is 0 Å². The van der Waals surface area contributed by atoms with Gasteiger partial charge < -0.3 is 4.57 Å². The molecular weight excluding hydrogens is 274 g/mol. The Balaban J connectivity index is 2.51. The minimum Gasteiger partial charge on any atom is -0.321 e. The number of imidazole rings is 1. The molecule has 0 radical (unpaired) electrons. The summed E-state index contributed by atoms with van der Waals surface area (Å²) >= 11 is 5.08. The molecule has 0 amide bonds. The van der Waals surface area contributed by atoms with Crippen LogP contribution in [0, 0.1) is 11.3 Å². The summed E-state index contributed by atoms with van der Waals surface area (Å²) in [6, 6.07) is 6.12. The van der Waals surface area contributed by atoms with E-state index in [2.05, 4.69) is 27.0 Å². The number of hydrogen-bond acceptors (Lipinski definition) is 3. The van der Waals surface area contributed by atoms with E-state index in [1.807, 2.05) is 29.1 Å². The van der Waals surface area contributed by atoms with Gasteiger partial charge in [-0.05, 0) is 27.4 Å². The zero-order chi connectivity index (χ0) is 10.8. The third kappa shape index (κ3) is 1.83. The van der Waals surface area contributed by atoms with Gasteiger partial charge in [0.15, 0.2) is 5.82 Å². The average Bonchev–Trinajstić information content (AvgIpc) is 2.82. The average molecular weight is 282 g/mol. The molecule has 3 nitrogen and oxygen atoms in total. The molecule has 2 aromatic heterocycles. The number of nitrogens with zero attached hydrogens (tertiary/aromatic N) is 3. The third-order valence-corrected chi connectivity index (χ3v) is 3.93. The van der Waals surface area contributed by atoms with E-state index in [-0.39, 0.29) is 0 Å². The summed E-state index contributed by atoms with van der Waals surface area (Å²) in [7, 11) is 1.94. The van der Waals surface area contributed by atoms with Crippen LogP contribution in [0.5, 0.6) is 0 Å². The molecule has 0 atom stereocenters. The van der Waals surface area contributed by atoms with Gasteiger partial charge in [0.25, 0.3) is 0 Å². The Morgan fingerprint density at radius 3 is 3.07 bits per heavy atom. The molecule has 0 saturated heterocycles. The Kier molecular flexibility index (Phi) is 2.89. The number of hydrogen-bond donors (Lipinski definition) is 0. The fourth-order valence-corrected chi connectivity index (χ4v) is 2.49. The van der Waals surface area contributed by atoms with Gasteiger partial charge in [0.2, 0.25) is 0 Å². The molecule has 0 unspecified atom stereocenters. The molecule has 0 fully saturated rings. The Hall–Kier alpha value is -1.12. The van der Waals surface area contributed by atoms with Crippen LogP contribution < -0.4 is 0 Å². The van der Waals surface area contributed by atoms with Crippen molar-refractivity contribution < 1.29 is 0 Å². The Morgan fingerprint density at radius 1 is 1.67 bits per heavy atom. The summed E-state index contributed by atoms with van der Waals surface area (Å²) in [5.41, 5.74) is 0.795. The highest BCUT2D eigenvalue weighted by Crippen LogP contribution is 2.28. The van der Waals surface area contributed by atoms with E-state index in [0.29, 0.717) is 6.42 Å². The van der Waals surface area contributed by atoms with E-state index >= 15 is 0 Å². The minimum atomic E-state index is 0.333. The van der Waals surface area contributed by atoms with Gasteiger partial charge in [-0.15, -0.1) is 11.3 Å². The first kappa shape index (κ1) is 10.4. The van der Waals surface area contributed by atoms with Gasteiger partial charge in [-0.3, -0.25) is 0 Å². The van der Waals surface area contributed by atoms with Crippen molar-refractivity contribution in [1.29, 1.82) is 5.26 Å². The normalized spacial score (nSPS) is 10.2. The van der Waals surface area contributed by atoms with Crippen molar-refractivity contribution in [2.45, 2.75) is 6.42 Å². The summed E-state index contributed by atoms with van der Waals surface area (Å²) in [5.74, 6) is 0.905. The zero-order valence-corrected chi connectivity index (χ0v) is 10.5. The van der Waals surface area contributed by atoms with Crippen molar-refractivity contribution >= 4 is 27.3 Å². The first-order valence-electron chi connectivity index (χ1n) is 4.36. The quantitative estimate of drug-likeness (QED) is 0.849. The van der Waals surface area contributed by atoms with Gasteiger partial charge in [0, 0.05) is 7.05 Å². The molecule has 2 aromatic rings. The van der Waals surface area contributed by atoms with Crippen LogP contribution in [0.2, 0.25) is 0 Å². The molecule has 15 heavy (non-hydrogen) atoms. The van der Waals surface area contributed by atoms with Gasteiger partial charge in [-0.25, -0.2) is 4.98 Å². The predicted molar refractivity (Wildman–Crippen MR) is 63.5 cm³/mol. The molecule has 0 aromatic carbocycles. The van der Waals surface area contributed by atoms with Crippen molar-refractivity contribution in [2.24, 2.45) is 7.05 Å². The third-order valence-electron chi connectivity index (χ3n) is 2.08. The maximum absolute atomic E-state index is 8.66. The molecule has 0 aliphatic heterocycles. The smallest absolute Gasteiger partial charge is 0.151 e. The molecule has 76 valence electrons. The maximum Gasteiger partial charge on any atom is 0.151 e. The Labute approximate surface area is 100 Å². The van der Waals surface area contributed by atoms with E-state index in [9.17, 15) is 0 Å². The molecule has 5 heteroatoms. The summed E-state index contributed by atoms with van der Waals surface area (Å²) in [5, 5.41) is 10.7. The molecule has 0 spiro atoms. The number of nitriles is 1. The van der Waals surface area contributed by atoms with Crippen LogP contribution in [0.25, 0.3) is 10.7 Å². The van der Waals surface area contributed by atoms with Crippen molar-refractivity contribution in [2.75, 3.05) is 0 Å². The van der Waals surface area contributed by atoms with Gasteiger partial charge >= 0.3 is 0 Å². The fraction of sp³-hybridized carbons (Fsp3) is 0.200. The molecule has 0 bridgehead atoms. The topological polar surface area (TPSA) is 41.6 Å². The lowest BCUT2D eigenvalue weighted by Crippen LogP contribution is -1.90. The van der Waals surface area contributed by atoms with E-state index < -0.39 is 0 Å². The van der Waals surface area contributed by atoms with Crippen molar-refractivity contribution in [3.63, 3.8) is 0 Å². The summed E-state index contributed by atoms with van der Waals surface area (Å²) in [4.78, 5) is 5.56. The first-order chi connectivity index (χ1) is 7.24. The molecular formula is C10H8BrN3S. The summed E-state index contributed by atoms with van der Waals surface area (Å²) in [6.07, 6.45) is 0.333. The highest BCUT2D eigenvalue weighted by Gasteiger charge is 2.13. The molecule has 0 aliphatic carbocycles. The van der Waals surface area contributed by atoms with Crippen molar-refractivity contribution in [3.8, 4) is 16.8 Å². The second-order valence-electron chi connectivity index (χ2n) is 3.04. The molecule has 2 heterocycles. The van der Waals surface area contributed by atoms with Crippen LogP contribution in [-0.4, -0.2) is 9.55 Å². The van der Waals surface area contributed by atoms with Crippen LogP contribution in [0.1, 0.15) is 5.69 Å². The SMILES string of the molecule is Cn1c(-c2cccs2)nc(CC#N)c1Br. The lowest BCUT2D eigenvalue weighted by Gasteiger charge is -1.98. The number of rotatable bonds is 2. The second kappa shape index (κ2) is 4.17. The largest absolute Gasteiger partial charge is 0.321 e. The summed E-state index contributed by atoms with van der Waals surface area (Å²) in [6.45, 7) is 0. The van der Waals surface area contributed by atoms with Crippen molar-refractivity contribution in [1.82, 2.24) is 9.55 Å². The van der Waals surface area contributed by atoms with E-state index in [4.69, 9.17) is 5.26 Å². The van der Waals surface area contributed by atoms with E-state index in [1.54, 1.807) is 11.3 Å². The highest BCUT2D eigenvalue weighted by atomic mass is 79.9. The summed E-state index contributed by atoms with van der Waals surface area (Å²) < 4.78 is 2.84. The van der Waals surface area contributed by atoms with Gasteiger partial charge in [0.1, 0.15) is 4.60 Å². The number of aromatic nitrogens is 2. The van der Waals surface area contributed by atoms with Crippen molar-refractivity contribution in [3.05, 3.63) is 27.8 Å². The monoisotopic (exact) mass is 281 g/mol.